The van der Waals surface area contributed by atoms with Crippen LogP contribution < -0.4 is 0 Å². The highest BCUT2D eigenvalue weighted by atomic mass is 16.6. The van der Waals surface area contributed by atoms with Crippen molar-refractivity contribution >= 4 is 23.9 Å². The molecular weight excluding hydrogens is 416 g/mol. The third kappa shape index (κ3) is 3.25. The molecule has 2 atom stereocenters. The molecule has 2 saturated carbocycles. The van der Waals surface area contributed by atoms with Crippen molar-refractivity contribution in [3.8, 4) is 0 Å². The maximum Gasteiger partial charge on any atom is 0.327 e. The predicted octanol–water partition coefficient (Wildman–Crippen LogP) is 3.12. The molecule has 0 aromatic heterocycles. The Morgan fingerprint density at radius 1 is 0.781 bits per heavy atom. The molecule has 0 saturated heterocycles. The van der Waals surface area contributed by atoms with Crippen LogP contribution in [0, 0.1) is 22.2 Å². The normalized spacial score (nSPS) is 26.8. The van der Waals surface area contributed by atoms with Gasteiger partial charge in [-0.05, 0) is 83.6 Å². The number of hydrogen-bond donors (Lipinski definition) is 0. The molecule has 2 fully saturated rings. The van der Waals surface area contributed by atoms with Crippen LogP contribution in [0.4, 0.5) is 0 Å². The zero-order valence-electron chi connectivity index (χ0n) is 19.7. The summed E-state index contributed by atoms with van der Waals surface area (Å²) in [4.78, 5) is 52.6. The highest BCUT2D eigenvalue weighted by Gasteiger charge is 2.73. The van der Waals surface area contributed by atoms with Gasteiger partial charge < -0.3 is 18.9 Å². The van der Waals surface area contributed by atoms with Crippen LogP contribution in [-0.2, 0) is 38.1 Å². The first-order valence-electron chi connectivity index (χ1n) is 11.6. The molecule has 0 aromatic carbocycles. The predicted molar refractivity (Wildman–Crippen MR) is 113 cm³/mol. The molecule has 0 amide bonds. The van der Waals surface area contributed by atoms with Crippen LogP contribution >= 0.6 is 0 Å². The SMILES string of the molecule is CCOC(=O)C1(C(=O)OCC)C[C@H]2CCC3=C(C)C(C(=O)OCC)(C(=O)OCC)CC32C1. The lowest BCUT2D eigenvalue weighted by atomic mass is 9.70. The van der Waals surface area contributed by atoms with Crippen molar-refractivity contribution in [1.29, 1.82) is 0 Å². The third-order valence-electron chi connectivity index (χ3n) is 7.59. The van der Waals surface area contributed by atoms with E-state index >= 15 is 0 Å². The van der Waals surface area contributed by atoms with Crippen LogP contribution in [0.1, 0.15) is 66.7 Å². The molecule has 8 nitrogen and oxygen atoms in total. The van der Waals surface area contributed by atoms with Gasteiger partial charge in [-0.1, -0.05) is 5.57 Å². The van der Waals surface area contributed by atoms with E-state index in [1.807, 2.05) is 0 Å². The number of hydrogen-bond acceptors (Lipinski definition) is 8. The number of carbonyl (C=O) groups is 4. The van der Waals surface area contributed by atoms with E-state index in [9.17, 15) is 19.2 Å². The van der Waals surface area contributed by atoms with Crippen molar-refractivity contribution in [3.63, 3.8) is 0 Å². The molecule has 0 heterocycles. The number of esters is 4. The molecule has 0 N–H and O–H groups in total. The molecule has 1 unspecified atom stereocenters. The van der Waals surface area contributed by atoms with Crippen LogP contribution in [0.2, 0.25) is 0 Å². The van der Waals surface area contributed by atoms with Crippen molar-refractivity contribution in [3.05, 3.63) is 11.1 Å². The van der Waals surface area contributed by atoms with Gasteiger partial charge in [0.2, 0.25) is 0 Å². The van der Waals surface area contributed by atoms with Crippen molar-refractivity contribution < 1.29 is 38.1 Å². The molecule has 1 spiro atoms. The monoisotopic (exact) mass is 450 g/mol. The maximum atomic E-state index is 13.2. The van der Waals surface area contributed by atoms with Gasteiger partial charge in [0.05, 0.1) is 26.4 Å². The Bertz CT molecular complexity index is 805. The molecular formula is C24H34O8. The Morgan fingerprint density at radius 3 is 1.72 bits per heavy atom. The van der Waals surface area contributed by atoms with Gasteiger partial charge in [-0.2, -0.15) is 0 Å². The Balaban J connectivity index is 2.11. The molecule has 8 heteroatoms. The lowest BCUT2D eigenvalue weighted by molar-refractivity contribution is -0.172. The molecule has 0 radical (unpaired) electrons. The topological polar surface area (TPSA) is 105 Å². The van der Waals surface area contributed by atoms with Gasteiger partial charge in [0.15, 0.2) is 10.8 Å². The molecule has 3 rings (SSSR count). The zero-order valence-corrected chi connectivity index (χ0v) is 19.7. The second-order valence-electron chi connectivity index (χ2n) is 8.92. The van der Waals surface area contributed by atoms with E-state index in [0.717, 1.165) is 12.0 Å². The Labute approximate surface area is 189 Å². The minimum Gasteiger partial charge on any atom is -0.465 e. The van der Waals surface area contributed by atoms with Gasteiger partial charge in [-0.3, -0.25) is 19.2 Å². The van der Waals surface area contributed by atoms with E-state index in [0.29, 0.717) is 12.0 Å². The minimum atomic E-state index is -1.56. The van der Waals surface area contributed by atoms with Gasteiger partial charge in [-0.15, -0.1) is 0 Å². The number of ether oxygens (including phenoxy) is 4. The van der Waals surface area contributed by atoms with Crippen LogP contribution in [0.3, 0.4) is 0 Å². The quantitative estimate of drug-likeness (QED) is 0.240. The van der Waals surface area contributed by atoms with Crippen molar-refractivity contribution in [1.82, 2.24) is 0 Å². The molecule has 0 aromatic rings. The highest BCUT2D eigenvalue weighted by molar-refractivity contribution is 6.05. The minimum absolute atomic E-state index is 0.0491. The van der Waals surface area contributed by atoms with Gasteiger partial charge in [0.25, 0.3) is 0 Å². The zero-order chi connectivity index (χ0) is 23.7. The summed E-state index contributed by atoms with van der Waals surface area (Å²) in [5.74, 6) is -2.49. The van der Waals surface area contributed by atoms with Crippen LogP contribution in [0.15, 0.2) is 11.1 Å². The van der Waals surface area contributed by atoms with E-state index < -0.39 is 40.1 Å². The standard InChI is InChI=1S/C24H34O8/c1-6-29-18(25)22(19(26)30-7-2)12-16-10-11-17-15(5)24(20(27)31-8-3,21(28)32-9-4)14-23(16,17)13-22/h16H,6-14H2,1-5H3/t16-,23?/m1/s1. The molecule has 3 aliphatic rings. The number of rotatable bonds is 8. The summed E-state index contributed by atoms with van der Waals surface area (Å²) in [6.45, 7) is 9.13. The van der Waals surface area contributed by atoms with Crippen LogP contribution in [0.5, 0.6) is 0 Å². The summed E-state index contributed by atoms with van der Waals surface area (Å²) in [6.07, 6.45) is 2.07. The first-order chi connectivity index (χ1) is 15.2. The summed E-state index contributed by atoms with van der Waals surface area (Å²) in [5.41, 5.74) is -2.04. The fraction of sp³-hybridized carbons (Fsp3) is 0.750. The van der Waals surface area contributed by atoms with E-state index in [1.165, 1.54) is 0 Å². The fourth-order valence-electron chi connectivity index (χ4n) is 6.38. The van der Waals surface area contributed by atoms with Gasteiger partial charge in [-0.25, -0.2) is 0 Å². The lowest BCUT2D eigenvalue weighted by Crippen LogP contribution is -2.44. The molecule has 0 aliphatic heterocycles. The number of carbonyl (C=O) groups excluding carboxylic acids is 4. The molecule has 178 valence electrons. The van der Waals surface area contributed by atoms with Crippen molar-refractivity contribution in [2.24, 2.45) is 22.2 Å². The largest absolute Gasteiger partial charge is 0.465 e. The first kappa shape index (κ1) is 24.3. The van der Waals surface area contributed by atoms with Gasteiger partial charge in [0.1, 0.15) is 0 Å². The lowest BCUT2D eigenvalue weighted by Gasteiger charge is -2.33. The summed E-state index contributed by atoms with van der Waals surface area (Å²) in [6, 6.07) is 0. The molecule has 0 bridgehead atoms. The van der Waals surface area contributed by atoms with Crippen molar-refractivity contribution in [2.75, 3.05) is 26.4 Å². The molecule has 3 aliphatic carbocycles. The van der Waals surface area contributed by atoms with E-state index in [1.54, 1.807) is 34.6 Å². The van der Waals surface area contributed by atoms with Crippen molar-refractivity contribution in [2.45, 2.75) is 66.7 Å². The second kappa shape index (κ2) is 8.87. The number of allylic oxidation sites excluding steroid dienone is 1. The summed E-state index contributed by atoms with van der Waals surface area (Å²) in [7, 11) is 0. The summed E-state index contributed by atoms with van der Waals surface area (Å²) < 4.78 is 21.3. The summed E-state index contributed by atoms with van der Waals surface area (Å²) in [5, 5.41) is 0. The Hall–Kier alpha value is -2.38. The maximum absolute atomic E-state index is 13.2. The second-order valence-corrected chi connectivity index (χ2v) is 8.92. The van der Waals surface area contributed by atoms with E-state index in [-0.39, 0.29) is 51.6 Å². The average molecular weight is 451 g/mol. The van der Waals surface area contributed by atoms with Gasteiger partial charge in [0, 0.05) is 0 Å². The van der Waals surface area contributed by atoms with E-state index in [2.05, 4.69) is 0 Å². The Morgan fingerprint density at radius 2 is 1.25 bits per heavy atom. The van der Waals surface area contributed by atoms with E-state index in [4.69, 9.17) is 18.9 Å². The first-order valence-corrected chi connectivity index (χ1v) is 11.6. The molecule has 32 heavy (non-hydrogen) atoms. The highest BCUT2D eigenvalue weighted by Crippen LogP contribution is 2.72. The Kier molecular flexibility index (Phi) is 6.72. The summed E-state index contributed by atoms with van der Waals surface area (Å²) >= 11 is 0. The third-order valence-corrected chi connectivity index (χ3v) is 7.59. The fourth-order valence-corrected chi connectivity index (χ4v) is 6.38. The smallest absolute Gasteiger partial charge is 0.327 e. The van der Waals surface area contributed by atoms with Gasteiger partial charge >= 0.3 is 23.9 Å². The van der Waals surface area contributed by atoms with Crippen LogP contribution in [-0.4, -0.2) is 50.3 Å². The average Bonchev–Trinajstić information content (AvgIpc) is 3.33. The van der Waals surface area contributed by atoms with Crippen LogP contribution in [0.25, 0.3) is 0 Å².